The predicted molar refractivity (Wildman–Crippen MR) is 126 cm³/mol. The molecule has 0 unspecified atom stereocenters. The van der Waals surface area contributed by atoms with Crippen molar-refractivity contribution in [3.05, 3.63) is 119 Å². The van der Waals surface area contributed by atoms with E-state index in [1.165, 1.54) is 10.8 Å². The van der Waals surface area contributed by atoms with Crippen LogP contribution in [0.4, 0.5) is 0 Å². The fraction of sp³-hybridized carbons (Fsp3) is 0. The molecule has 144 valence electrons. The van der Waals surface area contributed by atoms with Gasteiger partial charge in [0.15, 0.2) is 5.78 Å². The number of carbonyl (C=O) groups is 1. The molecule has 0 saturated heterocycles. The molecule has 0 bridgehead atoms. The summed E-state index contributed by atoms with van der Waals surface area (Å²) in [5, 5.41) is 3.08. The Morgan fingerprint density at radius 3 is 2.03 bits per heavy atom. The standard InChI is InChI=1S/C27H18ClNO/c28-21-15-13-20(14-16-21)27(30)17-12-19-6-5-7-22(18-19)29-25-10-3-1-8-23(25)24-9-2-4-11-26(24)29/h1-18H/b17-12+. The summed E-state index contributed by atoms with van der Waals surface area (Å²) in [7, 11) is 0. The van der Waals surface area contributed by atoms with Crippen LogP contribution in [0.5, 0.6) is 0 Å². The van der Waals surface area contributed by atoms with Gasteiger partial charge >= 0.3 is 0 Å². The molecule has 0 amide bonds. The van der Waals surface area contributed by atoms with Gasteiger partial charge in [-0.15, -0.1) is 0 Å². The first-order valence-electron chi connectivity index (χ1n) is 9.77. The molecule has 5 rings (SSSR count). The van der Waals surface area contributed by atoms with E-state index in [0.717, 1.165) is 22.3 Å². The first-order valence-corrected chi connectivity index (χ1v) is 10.2. The smallest absolute Gasteiger partial charge is 0.185 e. The number of allylic oxidation sites excluding steroid dienone is 1. The van der Waals surface area contributed by atoms with Crippen molar-refractivity contribution in [2.24, 2.45) is 0 Å². The fourth-order valence-electron chi connectivity index (χ4n) is 3.85. The number of hydrogen-bond acceptors (Lipinski definition) is 1. The topological polar surface area (TPSA) is 22.0 Å². The molecule has 5 aromatic rings. The molecule has 1 heterocycles. The van der Waals surface area contributed by atoms with Gasteiger partial charge in [-0.2, -0.15) is 0 Å². The molecule has 0 saturated carbocycles. The number of carbonyl (C=O) groups excluding carboxylic acids is 1. The first kappa shape index (κ1) is 18.4. The molecule has 4 aromatic carbocycles. The molecule has 2 nitrogen and oxygen atoms in total. The van der Waals surface area contributed by atoms with Crippen LogP contribution in [0.2, 0.25) is 5.02 Å². The lowest BCUT2D eigenvalue weighted by Crippen LogP contribution is -1.95. The lowest BCUT2D eigenvalue weighted by molar-refractivity contribution is 0.104. The molecule has 0 spiro atoms. The molecule has 0 radical (unpaired) electrons. The quantitative estimate of drug-likeness (QED) is 0.226. The number of ketones is 1. The number of para-hydroxylation sites is 2. The van der Waals surface area contributed by atoms with E-state index in [-0.39, 0.29) is 5.78 Å². The Kier molecular flexibility index (Phi) is 4.70. The van der Waals surface area contributed by atoms with Gasteiger partial charge in [0.05, 0.1) is 11.0 Å². The van der Waals surface area contributed by atoms with Gasteiger partial charge in [-0.1, -0.05) is 66.2 Å². The van der Waals surface area contributed by atoms with E-state index in [1.807, 2.05) is 18.2 Å². The SMILES string of the molecule is O=C(/C=C/c1cccc(-n2c3ccccc3c3ccccc32)c1)c1ccc(Cl)cc1. The molecule has 0 N–H and O–H groups in total. The molecular formula is C27H18ClNO. The summed E-state index contributed by atoms with van der Waals surface area (Å²) in [6.07, 6.45) is 3.46. The van der Waals surface area contributed by atoms with E-state index in [4.69, 9.17) is 11.6 Å². The minimum Gasteiger partial charge on any atom is -0.309 e. The molecule has 0 aliphatic heterocycles. The van der Waals surface area contributed by atoms with Crippen molar-refractivity contribution in [2.45, 2.75) is 0 Å². The Hall–Kier alpha value is -3.62. The number of fused-ring (bicyclic) bond motifs is 3. The van der Waals surface area contributed by atoms with Crippen molar-refractivity contribution in [1.29, 1.82) is 0 Å². The predicted octanol–water partition coefficient (Wildman–Crippen LogP) is 7.33. The van der Waals surface area contributed by atoms with Crippen molar-refractivity contribution in [3.8, 4) is 5.69 Å². The zero-order valence-corrected chi connectivity index (χ0v) is 16.9. The van der Waals surface area contributed by atoms with Crippen molar-refractivity contribution in [3.63, 3.8) is 0 Å². The maximum absolute atomic E-state index is 12.5. The number of hydrogen-bond donors (Lipinski definition) is 0. The highest BCUT2D eigenvalue weighted by Crippen LogP contribution is 2.31. The number of benzene rings is 4. The number of halogens is 1. The van der Waals surface area contributed by atoms with Gasteiger partial charge in [0.2, 0.25) is 0 Å². The molecule has 3 heteroatoms. The summed E-state index contributed by atoms with van der Waals surface area (Å²) >= 11 is 5.91. The van der Waals surface area contributed by atoms with Gasteiger partial charge < -0.3 is 4.57 Å². The van der Waals surface area contributed by atoms with Gasteiger partial charge in [0.25, 0.3) is 0 Å². The second-order valence-electron chi connectivity index (χ2n) is 7.17. The van der Waals surface area contributed by atoms with Gasteiger partial charge in [0, 0.05) is 27.0 Å². The highest BCUT2D eigenvalue weighted by atomic mass is 35.5. The molecule has 0 fully saturated rings. The van der Waals surface area contributed by atoms with Gasteiger partial charge in [-0.25, -0.2) is 0 Å². The summed E-state index contributed by atoms with van der Waals surface area (Å²) in [4.78, 5) is 12.5. The maximum atomic E-state index is 12.5. The number of rotatable bonds is 4. The lowest BCUT2D eigenvalue weighted by Gasteiger charge is -2.08. The van der Waals surface area contributed by atoms with Crippen molar-refractivity contribution in [2.75, 3.05) is 0 Å². The molecule has 0 aliphatic carbocycles. The van der Waals surface area contributed by atoms with Crippen LogP contribution in [0.15, 0.2) is 103 Å². The third-order valence-corrected chi connectivity index (χ3v) is 5.52. The molecular weight excluding hydrogens is 390 g/mol. The van der Waals surface area contributed by atoms with E-state index in [2.05, 4.69) is 65.2 Å². The van der Waals surface area contributed by atoms with Gasteiger partial charge in [-0.05, 0) is 60.2 Å². The van der Waals surface area contributed by atoms with Crippen LogP contribution in [0.3, 0.4) is 0 Å². The Bertz CT molecular complexity index is 1360. The van der Waals surface area contributed by atoms with Gasteiger partial charge in [-0.3, -0.25) is 4.79 Å². The summed E-state index contributed by atoms with van der Waals surface area (Å²) in [5.41, 5.74) is 4.98. The van der Waals surface area contributed by atoms with Crippen molar-refractivity contribution in [1.82, 2.24) is 4.57 Å². The maximum Gasteiger partial charge on any atom is 0.185 e. The van der Waals surface area contributed by atoms with Crippen LogP contribution in [0.25, 0.3) is 33.6 Å². The van der Waals surface area contributed by atoms with E-state index < -0.39 is 0 Å². The van der Waals surface area contributed by atoms with Crippen molar-refractivity contribution >= 4 is 45.3 Å². The zero-order chi connectivity index (χ0) is 20.5. The lowest BCUT2D eigenvalue weighted by atomic mass is 10.1. The Labute approximate surface area is 179 Å². The normalized spacial score (nSPS) is 11.5. The largest absolute Gasteiger partial charge is 0.309 e. The highest BCUT2D eigenvalue weighted by Gasteiger charge is 2.11. The minimum absolute atomic E-state index is 0.0473. The summed E-state index contributed by atoms with van der Waals surface area (Å²) in [6, 6.07) is 32.0. The average Bonchev–Trinajstić information content (AvgIpc) is 3.13. The van der Waals surface area contributed by atoms with Gasteiger partial charge in [0.1, 0.15) is 0 Å². The first-order chi connectivity index (χ1) is 14.7. The van der Waals surface area contributed by atoms with Crippen LogP contribution >= 0.6 is 11.6 Å². The molecule has 0 aliphatic rings. The Balaban J connectivity index is 1.55. The van der Waals surface area contributed by atoms with Crippen LogP contribution in [0.1, 0.15) is 15.9 Å². The Morgan fingerprint density at radius 2 is 1.37 bits per heavy atom. The fourth-order valence-corrected chi connectivity index (χ4v) is 3.98. The van der Waals surface area contributed by atoms with Crippen LogP contribution in [-0.2, 0) is 0 Å². The second kappa shape index (κ2) is 7.66. The highest BCUT2D eigenvalue weighted by molar-refractivity contribution is 6.30. The molecule has 30 heavy (non-hydrogen) atoms. The number of nitrogens with zero attached hydrogens (tertiary/aromatic N) is 1. The van der Waals surface area contributed by atoms with Crippen LogP contribution in [-0.4, -0.2) is 10.4 Å². The zero-order valence-electron chi connectivity index (χ0n) is 16.1. The van der Waals surface area contributed by atoms with Crippen molar-refractivity contribution < 1.29 is 4.79 Å². The van der Waals surface area contributed by atoms with E-state index in [9.17, 15) is 4.79 Å². The number of aromatic nitrogens is 1. The second-order valence-corrected chi connectivity index (χ2v) is 7.61. The third-order valence-electron chi connectivity index (χ3n) is 5.26. The average molecular weight is 408 g/mol. The minimum atomic E-state index is -0.0473. The summed E-state index contributed by atoms with van der Waals surface area (Å²) < 4.78 is 2.27. The summed E-state index contributed by atoms with van der Waals surface area (Å²) in [5.74, 6) is -0.0473. The van der Waals surface area contributed by atoms with Crippen LogP contribution < -0.4 is 0 Å². The molecule has 0 atom stereocenters. The third kappa shape index (κ3) is 3.32. The van der Waals surface area contributed by atoms with E-state index in [1.54, 1.807) is 30.3 Å². The van der Waals surface area contributed by atoms with Crippen LogP contribution in [0, 0.1) is 0 Å². The molecule has 1 aromatic heterocycles. The summed E-state index contributed by atoms with van der Waals surface area (Å²) in [6.45, 7) is 0. The Morgan fingerprint density at radius 1 is 0.733 bits per heavy atom. The monoisotopic (exact) mass is 407 g/mol. The van der Waals surface area contributed by atoms with E-state index >= 15 is 0 Å². The van der Waals surface area contributed by atoms with E-state index in [0.29, 0.717) is 10.6 Å².